The molecule has 0 N–H and O–H groups in total. The SMILES string of the molecule is CC1(C)c2cccc3cc(-c4c5ccccc5c(-c5ccccc5-c5cccc6oc7ccccc7c56)c5ccccc45)c4cccc1c4c23. The van der Waals surface area contributed by atoms with E-state index in [2.05, 4.69) is 166 Å². The highest BCUT2D eigenvalue weighted by Crippen LogP contribution is 2.53. The molecule has 1 aliphatic carbocycles. The van der Waals surface area contributed by atoms with E-state index >= 15 is 0 Å². The third-order valence-electron chi connectivity index (χ3n) is 11.4. The molecule has 10 aromatic rings. The van der Waals surface area contributed by atoms with Crippen LogP contribution in [0, 0.1) is 0 Å². The van der Waals surface area contributed by atoms with E-state index in [1.54, 1.807) is 0 Å². The Kier molecular flexibility index (Phi) is 5.51. The van der Waals surface area contributed by atoms with Crippen molar-refractivity contribution in [2.24, 2.45) is 0 Å². The average molecular weight is 637 g/mol. The molecule has 0 bridgehead atoms. The number of rotatable bonds is 3. The third kappa shape index (κ3) is 3.56. The van der Waals surface area contributed by atoms with E-state index in [1.165, 1.54) is 87.6 Å². The molecule has 0 aliphatic heterocycles. The molecule has 0 amide bonds. The zero-order valence-electron chi connectivity index (χ0n) is 27.9. The van der Waals surface area contributed by atoms with Gasteiger partial charge in [0.25, 0.3) is 0 Å². The van der Waals surface area contributed by atoms with Crippen LogP contribution in [-0.4, -0.2) is 0 Å². The number of benzene rings is 9. The summed E-state index contributed by atoms with van der Waals surface area (Å²) in [5.74, 6) is 0. The van der Waals surface area contributed by atoms with Crippen LogP contribution in [0.2, 0.25) is 0 Å². The van der Waals surface area contributed by atoms with Gasteiger partial charge >= 0.3 is 0 Å². The van der Waals surface area contributed by atoms with Crippen LogP contribution in [0.5, 0.6) is 0 Å². The summed E-state index contributed by atoms with van der Waals surface area (Å²) >= 11 is 0. The van der Waals surface area contributed by atoms with Crippen LogP contribution in [-0.2, 0) is 5.41 Å². The maximum Gasteiger partial charge on any atom is 0.136 e. The van der Waals surface area contributed by atoms with Crippen LogP contribution < -0.4 is 0 Å². The normalized spacial score (nSPS) is 13.6. The van der Waals surface area contributed by atoms with Crippen LogP contribution in [0.4, 0.5) is 0 Å². The van der Waals surface area contributed by atoms with Gasteiger partial charge in [-0.2, -0.15) is 0 Å². The van der Waals surface area contributed by atoms with Crippen LogP contribution in [0.3, 0.4) is 0 Å². The number of hydrogen-bond acceptors (Lipinski definition) is 1. The summed E-state index contributed by atoms with van der Waals surface area (Å²) in [6.45, 7) is 4.75. The molecular formula is C49H32O. The van der Waals surface area contributed by atoms with E-state index in [-0.39, 0.29) is 5.41 Å². The van der Waals surface area contributed by atoms with Gasteiger partial charge in [-0.3, -0.25) is 0 Å². The van der Waals surface area contributed by atoms with Crippen LogP contribution in [0.1, 0.15) is 25.0 Å². The lowest BCUT2D eigenvalue weighted by molar-refractivity contribution is 0.663. The molecule has 1 aliphatic rings. The summed E-state index contributed by atoms with van der Waals surface area (Å²) in [4.78, 5) is 0. The van der Waals surface area contributed by atoms with E-state index < -0.39 is 0 Å². The van der Waals surface area contributed by atoms with Crippen LogP contribution in [0.25, 0.3) is 98.4 Å². The first-order valence-corrected chi connectivity index (χ1v) is 17.5. The highest BCUT2D eigenvalue weighted by atomic mass is 16.3. The van der Waals surface area contributed by atoms with Gasteiger partial charge in [-0.25, -0.2) is 0 Å². The smallest absolute Gasteiger partial charge is 0.136 e. The van der Waals surface area contributed by atoms with Crippen LogP contribution in [0.15, 0.2) is 162 Å². The molecule has 50 heavy (non-hydrogen) atoms. The Hall–Kier alpha value is -6.18. The average Bonchev–Trinajstić information content (AvgIpc) is 3.66. The fourth-order valence-corrected chi connectivity index (χ4v) is 9.29. The Morgan fingerprint density at radius 1 is 0.360 bits per heavy atom. The second-order valence-corrected chi connectivity index (χ2v) is 14.3. The van der Waals surface area contributed by atoms with Gasteiger partial charge in [0.1, 0.15) is 11.2 Å². The Morgan fingerprint density at radius 2 is 0.860 bits per heavy atom. The molecule has 1 heteroatoms. The van der Waals surface area contributed by atoms with Crippen molar-refractivity contribution in [3.63, 3.8) is 0 Å². The van der Waals surface area contributed by atoms with Crippen molar-refractivity contribution < 1.29 is 4.42 Å². The van der Waals surface area contributed by atoms with Crippen molar-refractivity contribution in [2.75, 3.05) is 0 Å². The second kappa shape index (κ2) is 9.94. The molecular weight excluding hydrogens is 605 g/mol. The highest BCUT2D eigenvalue weighted by molar-refractivity contribution is 6.28. The molecule has 0 radical (unpaired) electrons. The lowest BCUT2D eigenvalue weighted by Gasteiger charge is -2.22. The predicted molar refractivity (Wildman–Crippen MR) is 212 cm³/mol. The molecule has 0 unspecified atom stereocenters. The topological polar surface area (TPSA) is 13.1 Å². The Morgan fingerprint density at radius 3 is 1.58 bits per heavy atom. The fraction of sp³-hybridized carbons (Fsp3) is 0.0612. The van der Waals surface area contributed by atoms with E-state index in [1.807, 2.05) is 6.07 Å². The molecule has 0 spiro atoms. The minimum absolute atomic E-state index is 0.0408. The Bertz CT molecular complexity index is 3010. The van der Waals surface area contributed by atoms with E-state index in [0.29, 0.717) is 0 Å². The van der Waals surface area contributed by atoms with E-state index in [4.69, 9.17) is 4.42 Å². The summed E-state index contributed by atoms with van der Waals surface area (Å²) in [5.41, 5.74) is 12.1. The van der Waals surface area contributed by atoms with Gasteiger partial charge in [0.05, 0.1) is 0 Å². The molecule has 1 nitrogen and oxygen atoms in total. The minimum atomic E-state index is -0.0408. The van der Waals surface area contributed by atoms with Gasteiger partial charge in [-0.15, -0.1) is 0 Å². The van der Waals surface area contributed by atoms with Gasteiger partial charge in [-0.05, 0) is 106 Å². The van der Waals surface area contributed by atoms with Crippen LogP contribution >= 0.6 is 0 Å². The van der Waals surface area contributed by atoms with Crippen molar-refractivity contribution in [2.45, 2.75) is 19.3 Å². The Labute approximate surface area is 290 Å². The first-order chi connectivity index (χ1) is 24.6. The number of furan rings is 1. The van der Waals surface area contributed by atoms with Crippen molar-refractivity contribution >= 4 is 65.0 Å². The maximum absolute atomic E-state index is 6.36. The molecule has 0 fully saturated rings. The molecule has 0 atom stereocenters. The van der Waals surface area contributed by atoms with E-state index in [9.17, 15) is 0 Å². The molecule has 0 saturated carbocycles. The van der Waals surface area contributed by atoms with Crippen molar-refractivity contribution in [3.8, 4) is 33.4 Å². The highest BCUT2D eigenvalue weighted by Gasteiger charge is 2.34. The van der Waals surface area contributed by atoms with Gasteiger partial charge in [0.15, 0.2) is 0 Å². The summed E-state index contributed by atoms with van der Waals surface area (Å²) in [5, 5.41) is 12.8. The standard InChI is InChI=1S/C49H32O/c1-49(2)40-24-11-14-29-28-39(37-22-12-25-41(49)48(37)44(29)40)46-35-19-7-5-17-33(35)45(34-18-6-8-20-36(34)46)31-16-4-3-15-30(31)32-23-13-27-43-47(32)38-21-9-10-26-42(38)50-43/h3-28H,1-2H3. The quantitative estimate of drug-likeness (QED) is 0.139. The van der Waals surface area contributed by atoms with E-state index in [0.717, 1.165) is 21.9 Å². The monoisotopic (exact) mass is 636 g/mol. The summed E-state index contributed by atoms with van der Waals surface area (Å²) in [7, 11) is 0. The predicted octanol–water partition coefficient (Wildman–Crippen LogP) is 13.8. The van der Waals surface area contributed by atoms with Gasteiger partial charge in [-0.1, -0.05) is 153 Å². The van der Waals surface area contributed by atoms with Gasteiger partial charge in [0, 0.05) is 16.2 Å². The fourth-order valence-electron chi connectivity index (χ4n) is 9.29. The summed E-state index contributed by atoms with van der Waals surface area (Å²) in [6, 6.07) is 58.1. The zero-order valence-corrected chi connectivity index (χ0v) is 27.9. The Balaban J connectivity index is 1.27. The summed E-state index contributed by atoms with van der Waals surface area (Å²) < 4.78 is 6.36. The minimum Gasteiger partial charge on any atom is -0.456 e. The molecule has 11 rings (SSSR count). The second-order valence-electron chi connectivity index (χ2n) is 14.3. The number of hydrogen-bond donors (Lipinski definition) is 0. The molecule has 1 aromatic heterocycles. The third-order valence-corrected chi connectivity index (χ3v) is 11.4. The number of fused-ring (bicyclic) bond motifs is 5. The summed E-state index contributed by atoms with van der Waals surface area (Å²) in [6.07, 6.45) is 0. The first-order valence-electron chi connectivity index (χ1n) is 17.5. The molecule has 234 valence electrons. The van der Waals surface area contributed by atoms with Crippen molar-refractivity contribution in [1.29, 1.82) is 0 Å². The first kappa shape index (κ1) is 27.7. The molecule has 0 saturated heterocycles. The van der Waals surface area contributed by atoms with Crippen molar-refractivity contribution in [1.82, 2.24) is 0 Å². The lowest BCUT2D eigenvalue weighted by Crippen LogP contribution is -2.14. The number of para-hydroxylation sites is 1. The lowest BCUT2D eigenvalue weighted by atomic mass is 9.81. The molecule has 1 heterocycles. The molecule has 9 aromatic carbocycles. The van der Waals surface area contributed by atoms with Gasteiger partial charge < -0.3 is 4.42 Å². The maximum atomic E-state index is 6.36. The van der Waals surface area contributed by atoms with Crippen molar-refractivity contribution in [3.05, 3.63) is 169 Å². The van der Waals surface area contributed by atoms with Gasteiger partial charge in [0.2, 0.25) is 0 Å². The zero-order chi connectivity index (χ0) is 33.1. The largest absolute Gasteiger partial charge is 0.456 e.